The van der Waals surface area contributed by atoms with E-state index in [1.165, 1.54) is 5.56 Å². The van der Waals surface area contributed by atoms with E-state index in [0.29, 0.717) is 30.5 Å². The summed E-state index contributed by atoms with van der Waals surface area (Å²) in [6.07, 6.45) is 7.63. The number of anilines is 2. The molecule has 1 aromatic carbocycles. The van der Waals surface area contributed by atoms with Crippen LogP contribution >= 0.6 is 0 Å². The largest absolute Gasteiger partial charge is 0.450 e. The lowest BCUT2D eigenvalue weighted by molar-refractivity contribution is -0.121. The Balaban J connectivity index is 1.28. The van der Waals surface area contributed by atoms with Crippen LogP contribution in [0.2, 0.25) is 0 Å². The van der Waals surface area contributed by atoms with Gasteiger partial charge in [0, 0.05) is 25.0 Å². The molecule has 0 atom stereocenters. The van der Waals surface area contributed by atoms with Crippen LogP contribution in [0.3, 0.4) is 0 Å². The van der Waals surface area contributed by atoms with Crippen molar-refractivity contribution >= 4 is 17.4 Å². The molecule has 3 aliphatic rings. The van der Waals surface area contributed by atoms with E-state index in [2.05, 4.69) is 33.1 Å². The number of aromatic nitrogens is 2. The number of fused-ring (bicyclic) bond motifs is 2. The van der Waals surface area contributed by atoms with Gasteiger partial charge in [-0.05, 0) is 75.2 Å². The molecule has 5 N–H and O–H groups in total. The molecule has 9 heteroatoms. The highest BCUT2D eigenvalue weighted by atomic mass is 16.5. The highest BCUT2D eigenvalue weighted by Crippen LogP contribution is 2.42. The molecule has 3 heterocycles. The van der Waals surface area contributed by atoms with Crippen LogP contribution < -0.4 is 32.1 Å². The number of hydrogen-bond acceptors (Lipinski definition) is 7. The smallest absolute Gasteiger partial charge is 0.350 e. The van der Waals surface area contributed by atoms with Gasteiger partial charge in [-0.2, -0.15) is 4.98 Å². The van der Waals surface area contributed by atoms with Crippen LogP contribution in [-0.4, -0.2) is 41.1 Å². The summed E-state index contributed by atoms with van der Waals surface area (Å²) < 4.78 is 7.83. The summed E-state index contributed by atoms with van der Waals surface area (Å²) in [5.74, 6) is 2.31. The second-order valence-corrected chi connectivity index (χ2v) is 9.26. The molecule has 2 aliphatic heterocycles. The number of nitrogens with one attached hydrogen (secondary N) is 3. The minimum Gasteiger partial charge on any atom is -0.450 e. The zero-order chi connectivity index (χ0) is 22.8. The normalized spacial score (nSPS) is 22.5. The van der Waals surface area contributed by atoms with Gasteiger partial charge in [0.05, 0.1) is 11.9 Å². The summed E-state index contributed by atoms with van der Waals surface area (Å²) in [7, 11) is 0. The number of hydrogen-bond donors (Lipinski definition) is 4. The fourth-order valence-electron chi connectivity index (χ4n) is 5.20. The van der Waals surface area contributed by atoms with Crippen LogP contribution in [0.5, 0.6) is 11.5 Å². The fourth-order valence-corrected chi connectivity index (χ4v) is 5.20. The lowest BCUT2D eigenvalue weighted by atomic mass is 9.90. The Hall–Kier alpha value is -2.91. The van der Waals surface area contributed by atoms with Crippen molar-refractivity contribution in [2.75, 3.05) is 25.0 Å². The lowest BCUT2D eigenvalue weighted by Crippen LogP contribution is -2.40. The minimum atomic E-state index is -0.279. The SMILES string of the molecule is NCCC(=O)NC1CCC(n2cc3c(nc2=O)Nc2cc(C4CCNCC4)ccc2O3)CC1. The Labute approximate surface area is 193 Å². The quantitative estimate of drug-likeness (QED) is 0.469. The summed E-state index contributed by atoms with van der Waals surface area (Å²) in [6, 6.07) is 6.46. The predicted molar refractivity (Wildman–Crippen MR) is 126 cm³/mol. The third-order valence-corrected chi connectivity index (χ3v) is 7.03. The third-order valence-electron chi connectivity index (χ3n) is 7.03. The van der Waals surface area contributed by atoms with Gasteiger partial charge in [0.2, 0.25) is 5.91 Å². The molecule has 0 radical (unpaired) electrons. The number of nitrogens with two attached hydrogens (primary N) is 1. The van der Waals surface area contributed by atoms with Gasteiger partial charge < -0.3 is 26.4 Å². The molecule has 1 aliphatic carbocycles. The molecule has 2 aromatic rings. The first kappa shape index (κ1) is 21.9. The van der Waals surface area contributed by atoms with Gasteiger partial charge in [-0.25, -0.2) is 4.79 Å². The standard InChI is InChI=1S/C24H32N6O3/c25-10-7-22(31)27-17-2-4-18(5-3-17)30-14-21-23(29-24(30)32)28-19-13-16(1-6-20(19)33-21)15-8-11-26-12-9-15/h1,6,13-15,17-18,26H,2-5,7-12,25H2,(H,27,31)(H,28,29,32). The number of rotatable bonds is 5. The van der Waals surface area contributed by atoms with Crippen molar-refractivity contribution < 1.29 is 9.53 Å². The summed E-state index contributed by atoms with van der Waals surface area (Å²) in [5.41, 5.74) is 7.32. The molecule has 1 saturated carbocycles. The third kappa shape index (κ3) is 4.74. The first-order chi connectivity index (χ1) is 16.1. The van der Waals surface area contributed by atoms with Crippen LogP contribution in [0.4, 0.5) is 11.5 Å². The zero-order valence-corrected chi connectivity index (χ0v) is 18.8. The van der Waals surface area contributed by atoms with Crippen LogP contribution in [0.15, 0.2) is 29.2 Å². The van der Waals surface area contributed by atoms with E-state index in [4.69, 9.17) is 10.5 Å². The Morgan fingerprint density at radius 2 is 1.94 bits per heavy atom. The highest BCUT2D eigenvalue weighted by molar-refractivity contribution is 5.76. The van der Waals surface area contributed by atoms with E-state index in [1.807, 2.05) is 6.07 Å². The maximum absolute atomic E-state index is 12.8. The van der Waals surface area contributed by atoms with Crippen molar-refractivity contribution in [3.8, 4) is 11.5 Å². The highest BCUT2D eigenvalue weighted by Gasteiger charge is 2.27. The van der Waals surface area contributed by atoms with Crippen LogP contribution in [0, 0.1) is 0 Å². The molecule has 9 nitrogen and oxygen atoms in total. The van der Waals surface area contributed by atoms with Gasteiger partial charge in [0.25, 0.3) is 0 Å². The van der Waals surface area contributed by atoms with Crippen molar-refractivity contribution in [1.29, 1.82) is 0 Å². The first-order valence-electron chi connectivity index (χ1n) is 12.0. The second-order valence-electron chi connectivity index (χ2n) is 9.26. The second kappa shape index (κ2) is 9.52. The number of piperidine rings is 1. The Kier molecular flexibility index (Phi) is 6.32. The molecule has 1 saturated heterocycles. The molecule has 0 unspecified atom stereocenters. The number of nitrogens with zero attached hydrogens (tertiary/aromatic N) is 2. The molecular weight excluding hydrogens is 420 g/mol. The average Bonchev–Trinajstić information content (AvgIpc) is 2.83. The maximum atomic E-state index is 12.8. The molecule has 1 amide bonds. The number of benzene rings is 1. The molecule has 33 heavy (non-hydrogen) atoms. The lowest BCUT2D eigenvalue weighted by Gasteiger charge is -2.31. The number of carbonyl (C=O) groups is 1. The Morgan fingerprint density at radius 3 is 2.70 bits per heavy atom. The zero-order valence-electron chi connectivity index (χ0n) is 18.8. The fraction of sp³-hybridized carbons (Fsp3) is 0.542. The van der Waals surface area contributed by atoms with Gasteiger partial charge in [0.1, 0.15) is 0 Å². The Morgan fingerprint density at radius 1 is 1.15 bits per heavy atom. The summed E-state index contributed by atoms with van der Waals surface area (Å²) >= 11 is 0. The topological polar surface area (TPSA) is 123 Å². The molecule has 2 fully saturated rings. The van der Waals surface area contributed by atoms with Crippen molar-refractivity contribution in [2.45, 2.75) is 62.9 Å². The van der Waals surface area contributed by atoms with E-state index in [0.717, 1.165) is 63.1 Å². The number of amides is 1. The number of ether oxygens (including phenoxy) is 1. The minimum absolute atomic E-state index is 0.00462. The van der Waals surface area contributed by atoms with Crippen molar-refractivity contribution in [2.24, 2.45) is 5.73 Å². The van der Waals surface area contributed by atoms with Crippen molar-refractivity contribution in [3.05, 3.63) is 40.4 Å². The average molecular weight is 453 g/mol. The van der Waals surface area contributed by atoms with E-state index in [9.17, 15) is 9.59 Å². The maximum Gasteiger partial charge on any atom is 0.350 e. The van der Waals surface area contributed by atoms with Gasteiger partial charge in [-0.1, -0.05) is 6.07 Å². The van der Waals surface area contributed by atoms with Crippen molar-refractivity contribution in [1.82, 2.24) is 20.2 Å². The van der Waals surface area contributed by atoms with E-state index >= 15 is 0 Å². The van der Waals surface area contributed by atoms with Gasteiger partial charge >= 0.3 is 5.69 Å². The van der Waals surface area contributed by atoms with Crippen LogP contribution in [0.25, 0.3) is 0 Å². The van der Waals surface area contributed by atoms with E-state index < -0.39 is 0 Å². The molecule has 1 aromatic heterocycles. The monoisotopic (exact) mass is 452 g/mol. The van der Waals surface area contributed by atoms with Gasteiger partial charge in [-0.3, -0.25) is 9.36 Å². The van der Waals surface area contributed by atoms with Crippen LogP contribution in [0.1, 0.15) is 62.5 Å². The molecule has 5 rings (SSSR count). The molecular formula is C24H32N6O3. The molecule has 176 valence electrons. The summed E-state index contributed by atoms with van der Waals surface area (Å²) in [4.78, 5) is 28.9. The predicted octanol–water partition coefficient (Wildman–Crippen LogP) is 2.51. The Bertz CT molecular complexity index is 1070. The van der Waals surface area contributed by atoms with Crippen molar-refractivity contribution in [3.63, 3.8) is 0 Å². The van der Waals surface area contributed by atoms with E-state index in [1.54, 1.807) is 10.8 Å². The molecule has 0 spiro atoms. The van der Waals surface area contributed by atoms with E-state index in [-0.39, 0.29) is 23.7 Å². The summed E-state index contributed by atoms with van der Waals surface area (Å²) in [5, 5.41) is 9.75. The van der Waals surface area contributed by atoms with Gasteiger partial charge in [0.15, 0.2) is 17.3 Å². The first-order valence-corrected chi connectivity index (χ1v) is 12.0. The molecule has 0 bridgehead atoms. The van der Waals surface area contributed by atoms with Crippen LogP contribution in [-0.2, 0) is 4.79 Å². The summed E-state index contributed by atoms with van der Waals surface area (Å²) in [6.45, 7) is 2.43. The van der Waals surface area contributed by atoms with Gasteiger partial charge in [-0.15, -0.1) is 0 Å². The number of carbonyl (C=O) groups excluding carboxylic acids is 1.